The van der Waals surface area contributed by atoms with Crippen molar-refractivity contribution in [3.05, 3.63) is 52.8 Å². The summed E-state index contributed by atoms with van der Waals surface area (Å²) in [6, 6.07) is 8.85. The van der Waals surface area contributed by atoms with Gasteiger partial charge in [0.25, 0.3) is 5.91 Å². The lowest BCUT2D eigenvalue weighted by Gasteiger charge is -2.12. The van der Waals surface area contributed by atoms with Crippen LogP contribution in [0.3, 0.4) is 0 Å². The molecule has 0 aliphatic heterocycles. The zero-order valence-electron chi connectivity index (χ0n) is 12.4. The molecule has 5 nitrogen and oxygen atoms in total. The third-order valence-electron chi connectivity index (χ3n) is 3.26. The van der Waals surface area contributed by atoms with Gasteiger partial charge in [-0.15, -0.1) is 0 Å². The van der Waals surface area contributed by atoms with Crippen LogP contribution in [-0.4, -0.2) is 23.0 Å². The monoisotopic (exact) mass is 285 g/mol. The van der Waals surface area contributed by atoms with E-state index in [1.165, 1.54) is 0 Å². The highest BCUT2D eigenvalue weighted by atomic mass is 16.3. The molecule has 5 heteroatoms. The Morgan fingerprint density at radius 3 is 2.71 bits per heavy atom. The number of aryl methyl sites for hydroxylation is 2. The van der Waals surface area contributed by atoms with E-state index in [9.17, 15) is 9.90 Å². The van der Waals surface area contributed by atoms with Gasteiger partial charge in [-0.25, -0.2) is 0 Å². The minimum absolute atomic E-state index is 0.130. The molecule has 0 fully saturated rings. The van der Waals surface area contributed by atoms with E-state index in [4.69, 9.17) is 0 Å². The molecule has 1 heterocycles. The predicted octanol–water partition coefficient (Wildman–Crippen LogP) is 2.38. The van der Waals surface area contributed by atoms with Crippen molar-refractivity contribution in [2.75, 3.05) is 12.4 Å². The molecule has 0 aliphatic carbocycles. The van der Waals surface area contributed by atoms with Gasteiger partial charge in [0.05, 0.1) is 6.54 Å². The van der Waals surface area contributed by atoms with Gasteiger partial charge in [-0.1, -0.05) is 6.07 Å². The van der Waals surface area contributed by atoms with Crippen LogP contribution >= 0.6 is 0 Å². The van der Waals surface area contributed by atoms with Crippen LogP contribution < -0.4 is 10.6 Å². The molecule has 0 aliphatic rings. The zero-order valence-corrected chi connectivity index (χ0v) is 12.4. The van der Waals surface area contributed by atoms with Gasteiger partial charge in [-0.2, -0.15) is 0 Å². The van der Waals surface area contributed by atoms with Crippen molar-refractivity contribution in [1.82, 2.24) is 10.3 Å². The van der Waals surface area contributed by atoms with Gasteiger partial charge in [0.15, 0.2) is 0 Å². The Morgan fingerprint density at radius 2 is 2.00 bits per heavy atom. The lowest BCUT2D eigenvalue weighted by atomic mass is 10.1. The Morgan fingerprint density at radius 1 is 1.24 bits per heavy atom. The molecule has 1 amide bonds. The lowest BCUT2D eigenvalue weighted by molar-refractivity contribution is 0.0963. The first-order valence-electron chi connectivity index (χ1n) is 6.73. The summed E-state index contributed by atoms with van der Waals surface area (Å²) in [6.07, 6.45) is 0. The fourth-order valence-corrected chi connectivity index (χ4v) is 2.01. The standard InChI is InChI=1S/C16H19N3O2/c1-10-4-6-12(16(21)17-3)8-13(10)18-9-14-15(20)7-5-11(2)19-14/h4-8,18,20H,9H2,1-3H3,(H,17,21). The SMILES string of the molecule is CNC(=O)c1ccc(C)c(NCc2nc(C)ccc2O)c1. The summed E-state index contributed by atoms with van der Waals surface area (Å²) in [5.74, 6) is 0.0304. The largest absolute Gasteiger partial charge is 0.506 e. The third-order valence-corrected chi connectivity index (χ3v) is 3.26. The van der Waals surface area contributed by atoms with Crippen LogP contribution in [0.2, 0.25) is 0 Å². The van der Waals surface area contributed by atoms with E-state index >= 15 is 0 Å². The van der Waals surface area contributed by atoms with E-state index in [0.717, 1.165) is 16.9 Å². The van der Waals surface area contributed by atoms with Crippen molar-refractivity contribution in [3.63, 3.8) is 0 Å². The highest BCUT2D eigenvalue weighted by Gasteiger charge is 2.08. The Bertz CT molecular complexity index is 669. The normalized spacial score (nSPS) is 10.2. The summed E-state index contributed by atoms with van der Waals surface area (Å²) in [6.45, 7) is 4.23. The number of anilines is 1. The van der Waals surface area contributed by atoms with Crippen molar-refractivity contribution in [3.8, 4) is 5.75 Å². The van der Waals surface area contributed by atoms with Crippen LogP contribution in [0.15, 0.2) is 30.3 Å². The van der Waals surface area contributed by atoms with Gasteiger partial charge in [0.2, 0.25) is 0 Å². The van der Waals surface area contributed by atoms with E-state index in [0.29, 0.717) is 17.8 Å². The molecule has 0 saturated heterocycles. The molecule has 3 N–H and O–H groups in total. The van der Waals surface area contributed by atoms with Crippen molar-refractivity contribution < 1.29 is 9.90 Å². The molecule has 1 aromatic heterocycles. The van der Waals surface area contributed by atoms with Crippen LogP contribution in [0.5, 0.6) is 5.75 Å². The fraction of sp³-hybridized carbons (Fsp3) is 0.250. The Balaban J connectivity index is 2.19. The van der Waals surface area contributed by atoms with Crippen LogP contribution in [0.25, 0.3) is 0 Å². The van der Waals surface area contributed by atoms with Gasteiger partial charge in [-0.3, -0.25) is 9.78 Å². The molecule has 21 heavy (non-hydrogen) atoms. The first kappa shape index (κ1) is 14.8. The Kier molecular flexibility index (Phi) is 4.42. The summed E-state index contributed by atoms with van der Waals surface area (Å²) in [4.78, 5) is 16.0. The van der Waals surface area contributed by atoms with Crippen LogP contribution in [0.4, 0.5) is 5.69 Å². The number of carbonyl (C=O) groups excluding carboxylic acids is 1. The highest BCUT2D eigenvalue weighted by molar-refractivity contribution is 5.95. The second kappa shape index (κ2) is 6.26. The summed E-state index contributed by atoms with van der Waals surface area (Å²) in [7, 11) is 1.60. The van der Waals surface area contributed by atoms with Gasteiger partial charge in [-0.05, 0) is 43.7 Å². The minimum atomic E-state index is -0.130. The number of rotatable bonds is 4. The van der Waals surface area contributed by atoms with Crippen LogP contribution in [-0.2, 0) is 6.54 Å². The average Bonchev–Trinajstić information content (AvgIpc) is 2.48. The first-order chi connectivity index (χ1) is 10.0. The van der Waals surface area contributed by atoms with Gasteiger partial charge in [0.1, 0.15) is 11.4 Å². The number of hydrogen-bond donors (Lipinski definition) is 3. The van der Waals surface area contributed by atoms with Crippen molar-refractivity contribution in [2.45, 2.75) is 20.4 Å². The molecule has 0 unspecified atom stereocenters. The lowest BCUT2D eigenvalue weighted by Crippen LogP contribution is -2.18. The number of aromatic hydroxyl groups is 1. The van der Waals surface area contributed by atoms with Crippen molar-refractivity contribution in [2.24, 2.45) is 0 Å². The Labute approximate surface area is 124 Å². The molecule has 2 rings (SSSR count). The maximum absolute atomic E-state index is 11.7. The smallest absolute Gasteiger partial charge is 0.251 e. The maximum Gasteiger partial charge on any atom is 0.251 e. The quantitative estimate of drug-likeness (QED) is 0.806. The number of benzene rings is 1. The number of hydrogen-bond acceptors (Lipinski definition) is 4. The number of nitrogens with zero attached hydrogens (tertiary/aromatic N) is 1. The number of nitrogens with one attached hydrogen (secondary N) is 2. The molecular formula is C16H19N3O2. The number of amides is 1. The molecule has 1 aromatic carbocycles. The molecule has 2 aromatic rings. The highest BCUT2D eigenvalue weighted by Crippen LogP contribution is 2.20. The summed E-state index contributed by atoms with van der Waals surface area (Å²) >= 11 is 0. The minimum Gasteiger partial charge on any atom is -0.506 e. The number of carbonyl (C=O) groups is 1. The maximum atomic E-state index is 11.7. The molecule has 0 radical (unpaired) electrons. The molecule has 0 atom stereocenters. The predicted molar refractivity (Wildman–Crippen MR) is 82.5 cm³/mol. The molecule has 110 valence electrons. The molecule has 0 spiro atoms. The van der Waals surface area contributed by atoms with Crippen LogP contribution in [0, 0.1) is 13.8 Å². The number of aromatic nitrogens is 1. The second-order valence-corrected chi connectivity index (χ2v) is 4.88. The summed E-state index contributed by atoms with van der Waals surface area (Å²) in [5.41, 5.74) is 3.89. The molecule has 0 saturated carbocycles. The van der Waals surface area contributed by atoms with E-state index in [1.807, 2.05) is 19.9 Å². The molecular weight excluding hydrogens is 266 g/mol. The molecule has 0 bridgehead atoms. The third kappa shape index (κ3) is 3.51. The summed E-state index contributed by atoms with van der Waals surface area (Å²) < 4.78 is 0. The van der Waals surface area contributed by atoms with Gasteiger partial charge in [0, 0.05) is 24.0 Å². The zero-order chi connectivity index (χ0) is 15.4. The number of pyridine rings is 1. The fourth-order valence-electron chi connectivity index (χ4n) is 2.01. The Hall–Kier alpha value is -2.56. The van der Waals surface area contributed by atoms with Crippen molar-refractivity contribution in [1.29, 1.82) is 0 Å². The second-order valence-electron chi connectivity index (χ2n) is 4.88. The van der Waals surface area contributed by atoms with Crippen molar-refractivity contribution >= 4 is 11.6 Å². The topological polar surface area (TPSA) is 74.2 Å². The first-order valence-corrected chi connectivity index (χ1v) is 6.73. The van der Waals surface area contributed by atoms with E-state index in [2.05, 4.69) is 15.6 Å². The average molecular weight is 285 g/mol. The van der Waals surface area contributed by atoms with Gasteiger partial charge >= 0.3 is 0 Å². The van der Waals surface area contributed by atoms with E-state index in [-0.39, 0.29) is 11.7 Å². The van der Waals surface area contributed by atoms with Gasteiger partial charge < -0.3 is 15.7 Å². The summed E-state index contributed by atoms with van der Waals surface area (Å²) in [5, 5.41) is 15.6. The van der Waals surface area contributed by atoms with E-state index < -0.39 is 0 Å². The van der Waals surface area contributed by atoms with E-state index in [1.54, 1.807) is 31.3 Å². The van der Waals surface area contributed by atoms with Crippen LogP contribution in [0.1, 0.15) is 27.3 Å².